The second-order valence-electron chi connectivity index (χ2n) is 6.11. The number of likely N-dealkylation sites (N-methyl/N-ethyl adjacent to an activating group) is 1. The minimum atomic E-state index is -0.663. The number of rotatable bonds is 4. The highest BCUT2D eigenvalue weighted by atomic mass is 19.1. The van der Waals surface area contributed by atoms with E-state index in [2.05, 4.69) is 6.58 Å². The molecule has 0 amide bonds. The molecule has 0 aliphatic carbocycles. The molecule has 2 aromatic rings. The number of allylic oxidation sites excluding steroid dienone is 3. The molecular weight excluding hydrogens is 356 g/mol. The van der Waals surface area contributed by atoms with Crippen molar-refractivity contribution in [3.8, 4) is 5.75 Å². The van der Waals surface area contributed by atoms with Crippen molar-refractivity contribution in [1.29, 1.82) is 0 Å². The Morgan fingerprint density at radius 3 is 2.11 bits per heavy atom. The summed E-state index contributed by atoms with van der Waals surface area (Å²) >= 11 is 0. The minimum absolute atomic E-state index is 0.0728. The standard InChI is InChI=1S/C22H21F2NO.C2H6/c1-5-25-15(3)14(2)11-18(16-9-7-6-8-10-16)22(25)21-19(23)12-17(26-4)13-20(21)24;1-2/h6-13H,3,5H2,1-2,4H3;1-2H3. The van der Waals surface area contributed by atoms with Gasteiger partial charge in [0.1, 0.15) is 17.4 Å². The van der Waals surface area contributed by atoms with Gasteiger partial charge in [-0.2, -0.15) is 0 Å². The van der Waals surface area contributed by atoms with Crippen LogP contribution in [0.25, 0.3) is 11.3 Å². The van der Waals surface area contributed by atoms with Gasteiger partial charge in [-0.15, -0.1) is 0 Å². The van der Waals surface area contributed by atoms with Crippen LogP contribution in [-0.4, -0.2) is 18.6 Å². The van der Waals surface area contributed by atoms with Crippen LogP contribution in [0.4, 0.5) is 8.78 Å². The maximum Gasteiger partial charge on any atom is 0.139 e. The van der Waals surface area contributed by atoms with Crippen LogP contribution >= 0.6 is 0 Å². The van der Waals surface area contributed by atoms with E-state index >= 15 is 0 Å². The summed E-state index contributed by atoms with van der Waals surface area (Å²) in [5.74, 6) is -1.18. The molecule has 28 heavy (non-hydrogen) atoms. The number of nitrogens with zero attached hydrogens (tertiary/aromatic N) is 1. The van der Waals surface area contributed by atoms with Crippen molar-refractivity contribution in [3.63, 3.8) is 0 Å². The van der Waals surface area contributed by atoms with Gasteiger partial charge in [0, 0.05) is 29.9 Å². The van der Waals surface area contributed by atoms with Crippen molar-refractivity contribution in [2.24, 2.45) is 0 Å². The van der Waals surface area contributed by atoms with Crippen LogP contribution in [0, 0.1) is 11.6 Å². The summed E-state index contributed by atoms with van der Waals surface area (Å²) in [6.45, 7) is 12.5. The number of halogens is 2. The summed E-state index contributed by atoms with van der Waals surface area (Å²) in [4.78, 5) is 1.85. The lowest BCUT2D eigenvalue weighted by atomic mass is 9.91. The molecule has 0 atom stereocenters. The fourth-order valence-electron chi connectivity index (χ4n) is 3.21. The first-order chi connectivity index (χ1) is 13.5. The summed E-state index contributed by atoms with van der Waals surface area (Å²) in [6.07, 6.45) is 1.93. The number of hydrogen-bond acceptors (Lipinski definition) is 2. The Labute approximate surface area is 166 Å². The van der Waals surface area contributed by atoms with E-state index in [1.165, 1.54) is 19.2 Å². The number of hydrogen-bond donors (Lipinski definition) is 0. The van der Waals surface area contributed by atoms with Gasteiger partial charge in [0.25, 0.3) is 0 Å². The fourth-order valence-corrected chi connectivity index (χ4v) is 3.21. The van der Waals surface area contributed by atoms with Gasteiger partial charge in [-0.25, -0.2) is 8.78 Å². The molecule has 2 aromatic carbocycles. The number of ether oxygens (including phenoxy) is 1. The molecule has 0 N–H and O–H groups in total. The molecule has 0 aromatic heterocycles. The normalized spacial score (nSPS) is 13.8. The maximum absolute atomic E-state index is 14.9. The van der Waals surface area contributed by atoms with Crippen molar-refractivity contribution in [2.45, 2.75) is 27.7 Å². The Bertz CT molecular complexity index is 890. The maximum atomic E-state index is 14.9. The Hall–Kier alpha value is -2.88. The Morgan fingerprint density at radius 2 is 1.61 bits per heavy atom. The summed E-state index contributed by atoms with van der Waals surface area (Å²) in [6, 6.07) is 12.0. The summed E-state index contributed by atoms with van der Waals surface area (Å²) in [5.41, 5.74) is 3.76. The molecule has 1 heterocycles. The Kier molecular flexibility index (Phi) is 7.16. The van der Waals surface area contributed by atoms with Crippen molar-refractivity contribution < 1.29 is 13.5 Å². The molecule has 0 bridgehead atoms. The SMILES string of the molecule is C=C1C(C)=CC(c2ccccc2)=C(c2c(F)cc(OC)cc2F)N1CC.CC. The summed E-state index contributed by atoms with van der Waals surface area (Å²) in [7, 11) is 1.38. The Balaban J connectivity index is 0.00000136. The first kappa shape index (κ1) is 21.4. The number of methoxy groups -OCH3 is 1. The van der Waals surface area contributed by atoms with Gasteiger partial charge in [0.15, 0.2) is 0 Å². The van der Waals surface area contributed by atoms with E-state index < -0.39 is 11.6 Å². The van der Waals surface area contributed by atoms with E-state index in [0.717, 1.165) is 22.4 Å². The van der Waals surface area contributed by atoms with E-state index in [-0.39, 0.29) is 11.3 Å². The largest absolute Gasteiger partial charge is 0.497 e. The van der Waals surface area contributed by atoms with Crippen LogP contribution in [0.15, 0.2) is 66.4 Å². The van der Waals surface area contributed by atoms with Crippen LogP contribution < -0.4 is 4.74 Å². The quantitative estimate of drug-likeness (QED) is 0.585. The van der Waals surface area contributed by atoms with Crippen LogP contribution in [-0.2, 0) is 0 Å². The third-order valence-electron chi connectivity index (χ3n) is 4.56. The molecule has 0 radical (unpaired) electrons. The summed E-state index contributed by atoms with van der Waals surface area (Å²) < 4.78 is 34.7. The first-order valence-electron chi connectivity index (χ1n) is 9.46. The van der Waals surface area contributed by atoms with Crippen molar-refractivity contribution >= 4 is 11.3 Å². The second kappa shape index (κ2) is 9.36. The minimum Gasteiger partial charge on any atom is -0.497 e. The lowest BCUT2D eigenvalue weighted by Crippen LogP contribution is -2.26. The van der Waals surface area contributed by atoms with Gasteiger partial charge >= 0.3 is 0 Å². The van der Waals surface area contributed by atoms with Crippen molar-refractivity contribution in [2.75, 3.05) is 13.7 Å². The molecule has 0 unspecified atom stereocenters. The molecular formula is C24H27F2NO. The molecule has 3 rings (SSSR count). The van der Waals surface area contributed by atoms with Crippen molar-refractivity contribution in [1.82, 2.24) is 4.90 Å². The van der Waals surface area contributed by atoms with Gasteiger partial charge in [-0.3, -0.25) is 0 Å². The second-order valence-corrected chi connectivity index (χ2v) is 6.11. The predicted octanol–water partition coefficient (Wildman–Crippen LogP) is 6.66. The lowest BCUT2D eigenvalue weighted by Gasteiger charge is -2.34. The van der Waals surface area contributed by atoms with Crippen molar-refractivity contribution in [3.05, 3.63) is 89.2 Å². The molecule has 0 fully saturated rings. The van der Waals surface area contributed by atoms with Gasteiger partial charge in [0.05, 0.1) is 18.4 Å². The third-order valence-corrected chi connectivity index (χ3v) is 4.56. The van der Waals surface area contributed by atoms with E-state index in [0.29, 0.717) is 12.2 Å². The molecule has 1 aliphatic heterocycles. The highest BCUT2D eigenvalue weighted by Gasteiger charge is 2.28. The molecule has 2 nitrogen and oxygen atoms in total. The highest BCUT2D eigenvalue weighted by Crippen LogP contribution is 2.41. The third kappa shape index (κ3) is 4.01. The predicted molar refractivity (Wildman–Crippen MR) is 113 cm³/mol. The Morgan fingerprint density at radius 1 is 1.04 bits per heavy atom. The zero-order valence-corrected chi connectivity index (χ0v) is 17.1. The highest BCUT2D eigenvalue weighted by molar-refractivity contribution is 5.98. The van der Waals surface area contributed by atoms with Crippen LogP contribution in [0.5, 0.6) is 5.75 Å². The van der Waals surface area contributed by atoms with E-state index in [1.54, 1.807) is 0 Å². The smallest absolute Gasteiger partial charge is 0.139 e. The average Bonchev–Trinajstić information content (AvgIpc) is 2.72. The van der Waals surface area contributed by atoms with Gasteiger partial charge in [-0.05, 0) is 31.1 Å². The van der Waals surface area contributed by atoms with Crippen LogP contribution in [0.1, 0.15) is 38.8 Å². The average molecular weight is 383 g/mol. The van der Waals surface area contributed by atoms with Crippen LogP contribution in [0.3, 0.4) is 0 Å². The van der Waals surface area contributed by atoms with Gasteiger partial charge in [-0.1, -0.05) is 50.8 Å². The topological polar surface area (TPSA) is 12.5 Å². The molecule has 4 heteroatoms. The molecule has 0 spiro atoms. The molecule has 0 saturated carbocycles. The van der Waals surface area contributed by atoms with Crippen LogP contribution in [0.2, 0.25) is 0 Å². The zero-order valence-electron chi connectivity index (χ0n) is 17.1. The van der Waals surface area contributed by atoms with Gasteiger partial charge in [0.2, 0.25) is 0 Å². The van der Waals surface area contributed by atoms with Gasteiger partial charge < -0.3 is 9.64 Å². The lowest BCUT2D eigenvalue weighted by molar-refractivity contribution is 0.405. The zero-order chi connectivity index (χ0) is 20.8. The molecule has 0 saturated heterocycles. The van der Waals surface area contributed by atoms with E-state index in [4.69, 9.17) is 4.74 Å². The first-order valence-corrected chi connectivity index (χ1v) is 9.46. The monoisotopic (exact) mass is 383 g/mol. The molecule has 148 valence electrons. The summed E-state index contributed by atoms with van der Waals surface area (Å²) in [5, 5.41) is 0. The number of benzene rings is 2. The van der Waals surface area contributed by atoms with E-state index in [9.17, 15) is 8.78 Å². The fraction of sp³-hybridized carbons (Fsp3) is 0.250. The molecule has 1 aliphatic rings. The van der Waals surface area contributed by atoms with E-state index in [1.807, 2.05) is 69.0 Å².